The Balaban J connectivity index is 3.24. The van der Waals surface area contributed by atoms with Crippen LogP contribution in [0.5, 0.6) is 0 Å². The van der Waals surface area contributed by atoms with Crippen LogP contribution < -0.4 is 11.1 Å². The van der Waals surface area contributed by atoms with Crippen LogP contribution in [0.3, 0.4) is 0 Å². The number of amides is 2. The Morgan fingerprint density at radius 3 is 2.61 bits per heavy atom. The lowest BCUT2D eigenvalue weighted by Crippen LogP contribution is -2.21. The number of anilines is 1. The van der Waals surface area contributed by atoms with Crippen LogP contribution in [0.4, 0.5) is 5.69 Å². The molecule has 0 aliphatic rings. The average Bonchev–Trinajstić information content (AvgIpc) is 2.32. The highest BCUT2D eigenvalue weighted by atomic mass is 35.5. The van der Waals surface area contributed by atoms with E-state index in [1.807, 2.05) is 0 Å². The lowest BCUT2D eigenvalue weighted by molar-refractivity contribution is -0.119. The van der Waals surface area contributed by atoms with Crippen molar-refractivity contribution < 1.29 is 9.59 Å². The van der Waals surface area contributed by atoms with Gasteiger partial charge in [-0.1, -0.05) is 18.5 Å². The average molecular weight is 287 g/mol. The van der Waals surface area contributed by atoms with Crippen LogP contribution >= 0.6 is 24.2 Å². The number of hydrogen-bond donors (Lipinski definition) is 3. The van der Waals surface area contributed by atoms with E-state index < -0.39 is 11.8 Å². The van der Waals surface area contributed by atoms with Crippen molar-refractivity contribution >= 4 is 41.7 Å². The summed E-state index contributed by atoms with van der Waals surface area (Å²) in [5.74, 6) is -1.17. The van der Waals surface area contributed by atoms with Gasteiger partial charge in [-0.15, -0.1) is 12.6 Å². The second-order valence-electron chi connectivity index (χ2n) is 3.92. The van der Waals surface area contributed by atoms with Crippen LogP contribution in [0.15, 0.2) is 17.0 Å². The summed E-state index contributed by atoms with van der Waals surface area (Å²) < 4.78 is 0. The normalized spacial score (nSPS) is 12.0. The van der Waals surface area contributed by atoms with Gasteiger partial charge in [0.25, 0.3) is 0 Å². The van der Waals surface area contributed by atoms with E-state index >= 15 is 0 Å². The molecule has 1 aromatic rings. The number of benzene rings is 1. The van der Waals surface area contributed by atoms with Crippen molar-refractivity contribution in [3.8, 4) is 0 Å². The fourth-order valence-electron chi connectivity index (χ4n) is 1.44. The molecule has 6 heteroatoms. The highest BCUT2D eigenvalue weighted by Gasteiger charge is 2.18. The predicted molar refractivity (Wildman–Crippen MR) is 75.2 cm³/mol. The molecule has 0 heterocycles. The molecule has 0 aromatic heterocycles. The molecule has 98 valence electrons. The Morgan fingerprint density at radius 2 is 2.11 bits per heavy atom. The van der Waals surface area contributed by atoms with Gasteiger partial charge in [0.15, 0.2) is 0 Å². The van der Waals surface area contributed by atoms with Crippen molar-refractivity contribution in [2.24, 2.45) is 5.73 Å². The largest absolute Gasteiger partial charge is 0.369 e. The van der Waals surface area contributed by atoms with Crippen molar-refractivity contribution in [1.29, 1.82) is 0 Å². The molecule has 1 unspecified atom stereocenters. The van der Waals surface area contributed by atoms with E-state index in [0.717, 1.165) is 0 Å². The van der Waals surface area contributed by atoms with E-state index in [4.69, 9.17) is 17.3 Å². The number of primary amides is 1. The van der Waals surface area contributed by atoms with Crippen molar-refractivity contribution in [3.63, 3.8) is 0 Å². The van der Waals surface area contributed by atoms with E-state index in [9.17, 15) is 9.59 Å². The minimum absolute atomic E-state index is 0.150. The minimum atomic E-state index is -0.538. The summed E-state index contributed by atoms with van der Waals surface area (Å²) in [6.07, 6.45) is 0.342. The third-order valence-electron chi connectivity index (χ3n) is 2.61. The summed E-state index contributed by atoms with van der Waals surface area (Å²) in [5.41, 5.74) is 6.38. The summed E-state index contributed by atoms with van der Waals surface area (Å²) in [5, 5.41) is 3.12. The molecule has 1 aromatic carbocycles. The Labute approximate surface area is 116 Å². The van der Waals surface area contributed by atoms with Gasteiger partial charge in [0.05, 0.1) is 10.9 Å². The second-order valence-corrected chi connectivity index (χ2v) is 4.81. The van der Waals surface area contributed by atoms with Crippen molar-refractivity contribution in [2.45, 2.75) is 31.1 Å². The molecule has 0 bridgehead atoms. The molecule has 18 heavy (non-hydrogen) atoms. The molecule has 0 aliphatic heterocycles. The number of rotatable bonds is 4. The molecule has 4 nitrogen and oxygen atoms in total. The van der Waals surface area contributed by atoms with Crippen LogP contribution in [0.25, 0.3) is 0 Å². The van der Waals surface area contributed by atoms with Crippen molar-refractivity contribution in [1.82, 2.24) is 0 Å². The zero-order valence-electron chi connectivity index (χ0n) is 10.2. The monoisotopic (exact) mass is 286 g/mol. The molecular weight excluding hydrogens is 272 g/mol. The lowest BCUT2D eigenvalue weighted by Gasteiger charge is -2.16. The van der Waals surface area contributed by atoms with Gasteiger partial charge in [0, 0.05) is 17.0 Å². The maximum Gasteiger partial charge on any atom is 0.224 e. The Morgan fingerprint density at radius 1 is 1.50 bits per heavy atom. The zero-order valence-corrected chi connectivity index (χ0v) is 11.8. The summed E-state index contributed by atoms with van der Waals surface area (Å²) in [4.78, 5) is 23.2. The molecule has 1 atom stereocenters. The molecule has 1 rings (SSSR count). The fraction of sp³-hybridized carbons (Fsp3) is 0.333. The third kappa shape index (κ3) is 3.40. The fourth-order valence-corrected chi connectivity index (χ4v) is 1.80. The maximum atomic E-state index is 11.4. The summed E-state index contributed by atoms with van der Waals surface area (Å²) >= 11 is 10.2. The number of nitrogens with one attached hydrogen (secondary N) is 1. The summed E-state index contributed by atoms with van der Waals surface area (Å²) in [6, 6.07) is 3.22. The minimum Gasteiger partial charge on any atom is -0.369 e. The van der Waals surface area contributed by atoms with E-state index in [2.05, 4.69) is 17.9 Å². The second kappa shape index (κ2) is 6.11. The SMILES string of the molecule is CCC(=O)Nc1cc(S)c(Cl)cc1C(C)C(N)=O. The maximum absolute atomic E-state index is 11.4. The first-order valence-corrected chi connectivity index (χ1v) is 6.30. The standard InChI is InChI=1S/C12H15ClN2O2S/c1-3-11(16)15-9-5-10(18)8(13)4-7(9)6(2)12(14)17/h4-6,18H,3H2,1-2H3,(H2,14,17)(H,15,16). The van der Waals surface area contributed by atoms with Crippen LogP contribution in [-0.2, 0) is 9.59 Å². The van der Waals surface area contributed by atoms with Crippen LogP contribution in [0.2, 0.25) is 5.02 Å². The van der Waals surface area contributed by atoms with Crippen LogP contribution in [0.1, 0.15) is 31.7 Å². The Hall–Kier alpha value is -1.20. The van der Waals surface area contributed by atoms with Gasteiger partial charge in [-0.25, -0.2) is 0 Å². The first kappa shape index (κ1) is 14.9. The van der Waals surface area contributed by atoms with Crippen LogP contribution in [0, 0.1) is 0 Å². The Bertz CT molecular complexity index is 491. The predicted octanol–water partition coefficient (Wildman–Crippen LogP) is 2.57. The molecule has 0 saturated carbocycles. The molecule has 0 spiro atoms. The summed E-state index contributed by atoms with van der Waals surface area (Å²) in [6.45, 7) is 3.40. The van der Waals surface area contributed by atoms with Gasteiger partial charge in [0.2, 0.25) is 11.8 Å². The van der Waals surface area contributed by atoms with Gasteiger partial charge in [-0.05, 0) is 24.6 Å². The third-order valence-corrected chi connectivity index (χ3v) is 3.42. The highest BCUT2D eigenvalue weighted by Crippen LogP contribution is 2.32. The number of nitrogens with two attached hydrogens (primary N) is 1. The first-order chi connectivity index (χ1) is 8.36. The molecule has 2 amide bonds. The highest BCUT2D eigenvalue weighted by molar-refractivity contribution is 7.80. The smallest absolute Gasteiger partial charge is 0.224 e. The number of thiol groups is 1. The van der Waals surface area contributed by atoms with E-state index in [1.54, 1.807) is 26.0 Å². The van der Waals surface area contributed by atoms with Crippen molar-refractivity contribution in [2.75, 3.05) is 5.32 Å². The number of halogens is 1. The summed E-state index contributed by atoms with van der Waals surface area (Å²) in [7, 11) is 0. The molecule has 3 N–H and O–H groups in total. The molecular formula is C12H15ClN2O2S. The van der Waals surface area contributed by atoms with Crippen LogP contribution in [-0.4, -0.2) is 11.8 Å². The van der Waals surface area contributed by atoms with Gasteiger partial charge in [0.1, 0.15) is 0 Å². The van der Waals surface area contributed by atoms with Gasteiger partial charge in [-0.3, -0.25) is 9.59 Å². The number of carbonyl (C=O) groups is 2. The first-order valence-electron chi connectivity index (χ1n) is 5.48. The number of carbonyl (C=O) groups excluding carboxylic acids is 2. The molecule has 0 radical (unpaired) electrons. The number of hydrogen-bond acceptors (Lipinski definition) is 3. The van der Waals surface area contributed by atoms with E-state index in [-0.39, 0.29) is 5.91 Å². The topological polar surface area (TPSA) is 72.2 Å². The lowest BCUT2D eigenvalue weighted by atomic mass is 9.98. The zero-order chi connectivity index (χ0) is 13.9. The van der Waals surface area contributed by atoms with Crippen molar-refractivity contribution in [3.05, 3.63) is 22.7 Å². The van der Waals surface area contributed by atoms with E-state index in [0.29, 0.717) is 27.6 Å². The molecule has 0 aliphatic carbocycles. The molecule has 0 fully saturated rings. The van der Waals surface area contributed by atoms with Gasteiger partial charge >= 0.3 is 0 Å². The Kier molecular flexibility index (Phi) is 5.04. The quantitative estimate of drug-likeness (QED) is 0.744. The van der Waals surface area contributed by atoms with E-state index in [1.165, 1.54) is 0 Å². The molecule has 0 saturated heterocycles. The van der Waals surface area contributed by atoms with Gasteiger partial charge in [-0.2, -0.15) is 0 Å². The van der Waals surface area contributed by atoms with Gasteiger partial charge < -0.3 is 11.1 Å².